The third-order valence-electron chi connectivity index (χ3n) is 7.42. The van der Waals surface area contributed by atoms with Gasteiger partial charge < -0.3 is 90.9 Å². The van der Waals surface area contributed by atoms with Crippen LogP contribution in [0, 0.1) is 0 Å². The van der Waals surface area contributed by atoms with E-state index in [1.54, 1.807) is 36.4 Å². The van der Waals surface area contributed by atoms with Crippen molar-refractivity contribution in [3.8, 4) is 17.0 Å². The van der Waals surface area contributed by atoms with Crippen molar-refractivity contribution in [2.75, 3.05) is 20.3 Å². The fraction of sp³-hybridized carbons (Fsp3) is 0.500. The predicted octanol–water partition coefficient (Wildman–Crippen LogP) is -4.90. The van der Waals surface area contributed by atoms with E-state index in [9.17, 15) is 58.4 Å². The van der Waals surface area contributed by atoms with Gasteiger partial charge in [-0.15, -0.1) is 5.10 Å². The zero-order valence-electron chi connectivity index (χ0n) is 24.7. The van der Waals surface area contributed by atoms with E-state index >= 15 is 0 Å². The van der Waals surface area contributed by atoms with Gasteiger partial charge in [-0.1, -0.05) is 23.4 Å². The van der Waals surface area contributed by atoms with Crippen LogP contribution in [0.4, 0.5) is 0 Å². The van der Waals surface area contributed by atoms with Crippen LogP contribution in [-0.2, 0) is 41.5 Å². The van der Waals surface area contributed by atoms with Gasteiger partial charge in [0, 0.05) is 5.56 Å². The molecule has 2 aliphatic heterocycles. The Morgan fingerprint density at radius 1 is 0.796 bits per heavy atom. The molecular formula is C24H26N3O19P3-6. The Balaban J connectivity index is 1.45. The van der Waals surface area contributed by atoms with E-state index in [4.69, 9.17) is 23.5 Å². The summed E-state index contributed by atoms with van der Waals surface area (Å²) in [6.07, 6.45) is -17.7. The third-order valence-corrected chi connectivity index (χ3v) is 8.92. The lowest BCUT2D eigenvalue weighted by Gasteiger charge is -2.49. The highest BCUT2D eigenvalue weighted by molar-refractivity contribution is 7.43. The molecule has 272 valence electrons. The van der Waals surface area contributed by atoms with Crippen LogP contribution in [0.5, 0.6) is 5.75 Å². The number of aromatic nitrogens is 3. The molecule has 0 aliphatic carbocycles. The van der Waals surface area contributed by atoms with E-state index in [2.05, 4.69) is 19.4 Å². The first-order chi connectivity index (χ1) is 22.9. The Labute approximate surface area is 275 Å². The number of aliphatic hydroxyl groups excluding tert-OH is 3. The number of aliphatic hydroxyl groups is 3. The summed E-state index contributed by atoms with van der Waals surface area (Å²) < 4.78 is 70.3. The van der Waals surface area contributed by atoms with E-state index in [0.29, 0.717) is 11.3 Å². The normalized spacial score (nSPS) is 29.8. The lowest BCUT2D eigenvalue weighted by atomic mass is 9.99. The standard InChI is InChI=1S/C24H32N3O19P3/c1-40-14-5-4-11-6-13(3-2-12(11)7-14)15-8-27(26-25-15)23-22(46-49(37,38)39)19(16(9-28)41-23)43-24-18(30)21(45-48(34,35)36)20(17(10-29)42-24)44-47(31,32)33/h2-8,16-24,28-30H,9-10H2,1H3,(H2,31,32,33)(H2,34,35,36)(H2,37,38,39)/p-6/t16-,17-,18-,19-,20-,21-,22-,23-,24-/m1/s1. The maximum atomic E-state index is 11.8. The van der Waals surface area contributed by atoms with Crippen molar-refractivity contribution in [3.05, 3.63) is 42.6 Å². The molecule has 1 aromatic heterocycles. The SMILES string of the molecule is COc1ccc2cc(-c3cn([C@@H]4O[C@H](CO)[C@@H](O[C@H]5O[C@H](CO)[C@@H](OP(=O)([O-])[O-])[C@H](OP(=O)([O-])[O-])[C@H]5O)[C@H]4OP(=O)([O-])[O-])nn3)ccc2c1. The second kappa shape index (κ2) is 14.8. The molecule has 49 heavy (non-hydrogen) atoms. The fourth-order valence-electron chi connectivity index (χ4n) is 5.39. The summed E-state index contributed by atoms with van der Waals surface area (Å²) >= 11 is 0. The van der Waals surface area contributed by atoms with Crippen LogP contribution >= 0.6 is 23.5 Å². The van der Waals surface area contributed by atoms with Gasteiger partial charge in [0.15, 0.2) is 12.5 Å². The van der Waals surface area contributed by atoms with Crippen molar-refractivity contribution >= 4 is 34.2 Å². The van der Waals surface area contributed by atoms with E-state index < -0.39 is 91.9 Å². The molecule has 0 bridgehead atoms. The minimum atomic E-state index is -6.08. The molecule has 3 N–H and O–H groups in total. The lowest BCUT2D eigenvalue weighted by Crippen LogP contribution is -2.62. The van der Waals surface area contributed by atoms with Crippen molar-refractivity contribution in [1.82, 2.24) is 15.0 Å². The molecule has 0 amide bonds. The van der Waals surface area contributed by atoms with Gasteiger partial charge in [-0.3, -0.25) is 0 Å². The Morgan fingerprint density at radius 3 is 1.98 bits per heavy atom. The summed E-state index contributed by atoms with van der Waals surface area (Å²) in [5.41, 5.74) is 0.768. The van der Waals surface area contributed by atoms with Gasteiger partial charge in [0.2, 0.25) is 0 Å². The van der Waals surface area contributed by atoms with Gasteiger partial charge in [0.1, 0.15) is 54.2 Å². The molecule has 0 radical (unpaired) electrons. The molecule has 22 nitrogen and oxygen atoms in total. The number of hydrogen-bond donors (Lipinski definition) is 3. The Kier molecular flexibility index (Phi) is 11.4. The van der Waals surface area contributed by atoms with Gasteiger partial charge in [-0.2, -0.15) is 0 Å². The fourth-order valence-corrected chi connectivity index (χ4v) is 7.01. The number of nitrogens with zero attached hydrogens (tertiary/aromatic N) is 3. The first kappa shape index (κ1) is 38.0. The quantitative estimate of drug-likeness (QED) is 0.138. The molecule has 2 aromatic carbocycles. The summed E-state index contributed by atoms with van der Waals surface area (Å²) in [4.78, 5) is 69.1. The lowest BCUT2D eigenvalue weighted by molar-refractivity contribution is -0.379. The molecule has 25 heteroatoms. The van der Waals surface area contributed by atoms with Crippen LogP contribution < -0.4 is 34.1 Å². The number of methoxy groups -OCH3 is 1. The molecule has 0 saturated carbocycles. The van der Waals surface area contributed by atoms with Crippen LogP contribution in [0.3, 0.4) is 0 Å². The number of phosphoric acid groups is 3. The van der Waals surface area contributed by atoms with Crippen LogP contribution in [0.15, 0.2) is 42.6 Å². The van der Waals surface area contributed by atoms with Crippen molar-refractivity contribution < 1.29 is 90.9 Å². The number of hydrogen-bond acceptors (Lipinski definition) is 21. The average Bonchev–Trinajstić information content (AvgIpc) is 3.63. The van der Waals surface area contributed by atoms with Crippen molar-refractivity contribution in [2.24, 2.45) is 0 Å². The van der Waals surface area contributed by atoms with Crippen LogP contribution in [-0.4, -0.2) is 99.7 Å². The monoisotopic (exact) mass is 753 g/mol. The minimum absolute atomic E-state index is 0.231. The molecule has 3 aromatic rings. The van der Waals surface area contributed by atoms with Gasteiger partial charge >= 0.3 is 0 Å². The molecule has 5 rings (SSSR count). The smallest absolute Gasteiger partial charge is 0.187 e. The molecule has 2 aliphatic rings. The minimum Gasteiger partial charge on any atom is -0.790 e. The number of fused-ring (bicyclic) bond motifs is 1. The van der Waals surface area contributed by atoms with Gasteiger partial charge in [-0.05, 0) is 29.0 Å². The Hall–Kier alpha value is -2.27. The van der Waals surface area contributed by atoms with Crippen LogP contribution in [0.25, 0.3) is 22.0 Å². The van der Waals surface area contributed by atoms with Gasteiger partial charge in [-0.25, -0.2) is 4.68 Å². The van der Waals surface area contributed by atoms with E-state index in [0.717, 1.165) is 15.5 Å². The van der Waals surface area contributed by atoms with Gasteiger partial charge in [0.25, 0.3) is 0 Å². The van der Waals surface area contributed by atoms with Crippen molar-refractivity contribution in [3.63, 3.8) is 0 Å². The largest absolute Gasteiger partial charge is 0.790 e. The maximum absolute atomic E-state index is 11.8. The first-order valence-corrected chi connectivity index (χ1v) is 18.3. The van der Waals surface area contributed by atoms with Crippen molar-refractivity contribution in [1.29, 1.82) is 0 Å². The molecule has 0 unspecified atom stereocenters. The summed E-state index contributed by atoms with van der Waals surface area (Å²) in [6.45, 7) is -2.21. The second-order valence-electron chi connectivity index (χ2n) is 10.6. The van der Waals surface area contributed by atoms with E-state index in [1.165, 1.54) is 13.3 Å². The van der Waals surface area contributed by atoms with E-state index in [1.807, 2.05) is 0 Å². The van der Waals surface area contributed by atoms with E-state index in [-0.39, 0.29) is 5.69 Å². The average molecular weight is 753 g/mol. The number of ether oxygens (including phenoxy) is 4. The van der Waals surface area contributed by atoms with Crippen molar-refractivity contribution in [2.45, 2.75) is 55.2 Å². The predicted molar refractivity (Wildman–Crippen MR) is 145 cm³/mol. The summed E-state index contributed by atoms with van der Waals surface area (Å²) in [6, 6.07) is 10.6. The number of benzene rings is 2. The van der Waals surface area contributed by atoms with Crippen LogP contribution in [0.1, 0.15) is 6.23 Å². The highest BCUT2D eigenvalue weighted by Crippen LogP contribution is 2.44. The molecular weight excluding hydrogens is 727 g/mol. The van der Waals surface area contributed by atoms with Crippen LogP contribution in [0.2, 0.25) is 0 Å². The molecule has 2 saturated heterocycles. The summed E-state index contributed by atoms with van der Waals surface area (Å²) in [5.74, 6) is 0.626. The Bertz CT molecular complexity index is 1760. The summed E-state index contributed by atoms with van der Waals surface area (Å²) in [5, 5.41) is 40.3. The second-order valence-corrected chi connectivity index (χ2v) is 13.9. The zero-order chi connectivity index (χ0) is 35.9. The Morgan fingerprint density at radius 2 is 1.37 bits per heavy atom. The highest BCUT2D eigenvalue weighted by Gasteiger charge is 2.54. The molecule has 9 atom stereocenters. The molecule has 0 spiro atoms. The molecule has 3 heterocycles. The number of phosphoric ester groups is 3. The third kappa shape index (κ3) is 9.16. The topological polar surface area (TPSA) is 346 Å². The summed E-state index contributed by atoms with van der Waals surface area (Å²) in [7, 11) is -16.5. The molecule has 2 fully saturated rings. The maximum Gasteiger partial charge on any atom is 0.187 e. The first-order valence-electron chi connectivity index (χ1n) is 13.9. The van der Waals surface area contributed by atoms with Gasteiger partial charge in [0.05, 0.1) is 50.0 Å². The highest BCUT2D eigenvalue weighted by atomic mass is 31.2. The zero-order valence-corrected chi connectivity index (χ0v) is 27.4. The number of rotatable bonds is 13.